The molecule has 2 heterocycles. The molecule has 3 atom stereocenters. The summed E-state index contributed by atoms with van der Waals surface area (Å²) < 4.78 is 9.96. The Balaban J connectivity index is 2.30. The van der Waals surface area contributed by atoms with Gasteiger partial charge in [0, 0.05) is 7.11 Å². The van der Waals surface area contributed by atoms with E-state index in [2.05, 4.69) is 10.2 Å². The fraction of sp³-hybridized carbons (Fsp3) is 0.857. The van der Waals surface area contributed by atoms with Crippen LogP contribution >= 0.6 is 0 Å². The molecule has 0 saturated carbocycles. The zero-order valence-corrected chi connectivity index (χ0v) is 6.98. The van der Waals surface area contributed by atoms with Gasteiger partial charge in [-0.2, -0.15) is 10.2 Å². The van der Waals surface area contributed by atoms with E-state index in [1.54, 1.807) is 6.92 Å². The molecule has 0 aromatic carbocycles. The first-order chi connectivity index (χ1) is 5.68. The Kier molecular flexibility index (Phi) is 1.44. The lowest BCUT2D eigenvalue weighted by Gasteiger charge is -2.14. The van der Waals surface area contributed by atoms with E-state index in [0.717, 1.165) is 0 Å². The van der Waals surface area contributed by atoms with Crippen molar-refractivity contribution in [3.8, 4) is 0 Å². The number of nitrogens with zero attached hydrogens (tertiary/aromatic N) is 2. The van der Waals surface area contributed by atoms with Crippen molar-refractivity contribution in [1.29, 1.82) is 0 Å². The average molecular weight is 170 g/mol. The van der Waals surface area contributed by atoms with Gasteiger partial charge in [-0.1, -0.05) is 0 Å². The van der Waals surface area contributed by atoms with Crippen molar-refractivity contribution in [2.45, 2.75) is 18.8 Å². The molecule has 2 aliphatic heterocycles. The average Bonchev–Trinajstić information content (AvgIpc) is 2.51. The van der Waals surface area contributed by atoms with Crippen LogP contribution in [0, 0.1) is 5.92 Å². The first-order valence-corrected chi connectivity index (χ1v) is 3.81. The maximum absolute atomic E-state index is 11.3. The van der Waals surface area contributed by atoms with Crippen LogP contribution in [0.15, 0.2) is 10.2 Å². The maximum Gasteiger partial charge on any atom is 0.338 e. The van der Waals surface area contributed by atoms with E-state index in [1.807, 2.05) is 0 Å². The van der Waals surface area contributed by atoms with Crippen LogP contribution in [0.4, 0.5) is 0 Å². The minimum absolute atomic E-state index is 0.0463. The van der Waals surface area contributed by atoms with Crippen LogP contribution in [-0.2, 0) is 14.3 Å². The number of azo groups is 1. The molecule has 0 aromatic heterocycles. The lowest BCUT2D eigenvalue weighted by Crippen LogP contribution is -2.35. The Bertz CT molecular complexity index is 253. The number of carbonyl (C=O) groups excluding carboxylic acids is 1. The summed E-state index contributed by atoms with van der Waals surface area (Å²) in [6, 6.07) is 0. The van der Waals surface area contributed by atoms with Gasteiger partial charge in [0.05, 0.1) is 12.5 Å². The van der Waals surface area contributed by atoms with Gasteiger partial charge in [0.1, 0.15) is 0 Å². The second-order valence-corrected chi connectivity index (χ2v) is 3.19. The summed E-state index contributed by atoms with van der Waals surface area (Å²) in [5, 5.41) is 7.71. The first-order valence-electron chi connectivity index (χ1n) is 3.81. The largest absolute Gasteiger partial charge is 0.433 e. The number of methoxy groups -OCH3 is 1. The number of carbonyl (C=O) groups is 1. The normalized spacial score (nSPS) is 44.7. The van der Waals surface area contributed by atoms with Crippen LogP contribution < -0.4 is 0 Å². The van der Waals surface area contributed by atoms with Gasteiger partial charge in [-0.05, 0) is 6.92 Å². The Labute approximate surface area is 69.8 Å². The third kappa shape index (κ3) is 0.741. The number of fused-ring (bicyclic) bond motifs is 1. The molecule has 0 radical (unpaired) electrons. The topological polar surface area (TPSA) is 60.2 Å². The van der Waals surface area contributed by atoms with Crippen molar-refractivity contribution in [3.63, 3.8) is 0 Å². The highest BCUT2D eigenvalue weighted by atomic mass is 16.7. The zero-order chi connectivity index (χ0) is 8.77. The van der Waals surface area contributed by atoms with Crippen LogP contribution in [0.25, 0.3) is 0 Å². The van der Waals surface area contributed by atoms with Gasteiger partial charge in [-0.25, -0.2) is 4.79 Å². The van der Waals surface area contributed by atoms with E-state index < -0.39 is 11.8 Å². The second-order valence-electron chi connectivity index (χ2n) is 3.19. The molecular formula is C7H10N2O3. The molecule has 2 aliphatic rings. The molecule has 1 fully saturated rings. The Morgan fingerprint density at radius 3 is 3.17 bits per heavy atom. The third-order valence-corrected chi connectivity index (χ3v) is 2.48. The van der Waals surface area contributed by atoms with Crippen LogP contribution in [0.5, 0.6) is 0 Å². The molecule has 0 N–H and O–H groups in total. The zero-order valence-electron chi connectivity index (χ0n) is 6.98. The Hall–Kier alpha value is -0.970. The molecule has 0 bridgehead atoms. The Morgan fingerprint density at radius 2 is 2.50 bits per heavy atom. The molecule has 0 spiro atoms. The molecular weight excluding hydrogens is 160 g/mol. The molecule has 5 heteroatoms. The first kappa shape index (κ1) is 7.67. The van der Waals surface area contributed by atoms with Gasteiger partial charge < -0.3 is 9.47 Å². The summed E-state index contributed by atoms with van der Waals surface area (Å²) in [5.41, 5.74) is -0.791. The molecule has 0 amide bonds. The lowest BCUT2D eigenvalue weighted by molar-refractivity contribution is -0.162. The standard InChI is InChI=1S/C7H10N2O3/c1-7-4(3-8-9-7)5(11-2)12-6(7)10/h4-5H,3H2,1-2H3/t4-,5-,7-/m0/s1. The van der Waals surface area contributed by atoms with Crippen molar-refractivity contribution in [2.24, 2.45) is 16.1 Å². The van der Waals surface area contributed by atoms with E-state index in [9.17, 15) is 4.79 Å². The van der Waals surface area contributed by atoms with Gasteiger partial charge >= 0.3 is 5.97 Å². The number of hydrogen-bond acceptors (Lipinski definition) is 5. The fourth-order valence-electron chi connectivity index (χ4n) is 1.59. The maximum atomic E-state index is 11.3. The molecule has 1 saturated heterocycles. The molecule has 0 aromatic rings. The van der Waals surface area contributed by atoms with Crippen molar-refractivity contribution < 1.29 is 14.3 Å². The van der Waals surface area contributed by atoms with Gasteiger partial charge in [0.15, 0.2) is 5.54 Å². The number of rotatable bonds is 1. The fourth-order valence-corrected chi connectivity index (χ4v) is 1.59. The van der Waals surface area contributed by atoms with Crippen LogP contribution in [0.2, 0.25) is 0 Å². The summed E-state index contributed by atoms with van der Waals surface area (Å²) in [7, 11) is 1.52. The molecule has 0 aliphatic carbocycles. The highest BCUT2D eigenvalue weighted by molar-refractivity contribution is 5.83. The molecule has 5 nitrogen and oxygen atoms in total. The number of esters is 1. The summed E-state index contributed by atoms with van der Waals surface area (Å²) in [4.78, 5) is 11.3. The van der Waals surface area contributed by atoms with Crippen molar-refractivity contribution in [1.82, 2.24) is 0 Å². The minimum Gasteiger partial charge on any atom is -0.433 e. The smallest absolute Gasteiger partial charge is 0.338 e. The van der Waals surface area contributed by atoms with Gasteiger partial charge in [0.2, 0.25) is 6.29 Å². The molecule has 12 heavy (non-hydrogen) atoms. The molecule has 2 rings (SSSR count). The van der Waals surface area contributed by atoms with Gasteiger partial charge in [-0.3, -0.25) is 0 Å². The monoisotopic (exact) mass is 170 g/mol. The summed E-state index contributed by atoms with van der Waals surface area (Å²) in [6.07, 6.45) is -0.475. The van der Waals surface area contributed by atoms with Crippen LogP contribution in [0.3, 0.4) is 0 Å². The van der Waals surface area contributed by atoms with Gasteiger partial charge in [-0.15, -0.1) is 0 Å². The van der Waals surface area contributed by atoms with E-state index >= 15 is 0 Å². The highest BCUT2D eigenvalue weighted by Gasteiger charge is 2.57. The van der Waals surface area contributed by atoms with E-state index in [4.69, 9.17) is 9.47 Å². The predicted octanol–water partition coefficient (Wildman–Crippen LogP) is 0.356. The third-order valence-electron chi connectivity index (χ3n) is 2.48. The van der Waals surface area contributed by atoms with E-state index in [0.29, 0.717) is 6.54 Å². The lowest BCUT2D eigenvalue weighted by atomic mass is 9.90. The van der Waals surface area contributed by atoms with E-state index in [-0.39, 0.29) is 11.9 Å². The van der Waals surface area contributed by atoms with Gasteiger partial charge in [0.25, 0.3) is 0 Å². The highest BCUT2D eigenvalue weighted by Crippen LogP contribution is 2.39. The molecule has 66 valence electrons. The van der Waals surface area contributed by atoms with E-state index in [1.165, 1.54) is 7.11 Å². The van der Waals surface area contributed by atoms with Crippen molar-refractivity contribution >= 4 is 5.97 Å². The Morgan fingerprint density at radius 1 is 1.75 bits per heavy atom. The number of cyclic esters (lactones) is 1. The second kappa shape index (κ2) is 2.26. The number of ether oxygens (including phenoxy) is 2. The van der Waals surface area contributed by atoms with Crippen molar-refractivity contribution in [3.05, 3.63) is 0 Å². The summed E-state index contributed by atoms with van der Waals surface area (Å²) in [5.74, 6) is -0.379. The predicted molar refractivity (Wildman–Crippen MR) is 38.5 cm³/mol. The van der Waals surface area contributed by atoms with Crippen molar-refractivity contribution in [2.75, 3.05) is 13.7 Å². The molecule has 0 unspecified atom stereocenters. The van der Waals surface area contributed by atoms with Crippen LogP contribution in [0.1, 0.15) is 6.92 Å². The summed E-state index contributed by atoms with van der Waals surface area (Å²) >= 11 is 0. The summed E-state index contributed by atoms with van der Waals surface area (Å²) in [6.45, 7) is 2.25. The minimum atomic E-state index is -0.791. The van der Waals surface area contributed by atoms with Crippen LogP contribution in [-0.4, -0.2) is 31.5 Å². The SMILES string of the molecule is CO[C@H]1OC(=O)[C@@]2(C)N=NC[C@@H]12. The quantitative estimate of drug-likeness (QED) is 0.534. The number of hydrogen-bond donors (Lipinski definition) is 0.